The zero-order chi connectivity index (χ0) is 45.7. The van der Waals surface area contributed by atoms with Crippen molar-refractivity contribution in [2.45, 2.75) is 5.41 Å². The van der Waals surface area contributed by atoms with Crippen LogP contribution in [0.25, 0.3) is 100 Å². The molecule has 1 aliphatic rings. The van der Waals surface area contributed by atoms with Crippen LogP contribution in [0.15, 0.2) is 261 Å². The smallest absolute Gasteiger partial charge is 0.164 e. The van der Waals surface area contributed by atoms with E-state index in [0.717, 1.165) is 33.4 Å². The lowest BCUT2D eigenvalue weighted by Crippen LogP contribution is -2.28. The molecule has 11 aromatic carbocycles. The Hall–Kier alpha value is -9.05. The summed E-state index contributed by atoms with van der Waals surface area (Å²) in [6, 6.07) is 93.9. The number of hydrogen-bond donors (Lipinski definition) is 0. The van der Waals surface area contributed by atoms with Gasteiger partial charge in [0.15, 0.2) is 17.5 Å². The molecule has 322 valence electrons. The van der Waals surface area contributed by atoms with Crippen LogP contribution in [0.2, 0.25) is 0 Å². The van der Waals surface area contributed by atoms with Crippen molar-refractivity contribution in [3.8, 4) is 78.7 Å². The highest BCUT2D eigenvalue weighted by Crippen LogP contribution is 2.58. The fourth-order valence-electron chi connectivity index (χ4n) is 10.8. The van der Waals surface area contributed by atoms with Gasteiger partial charge in [0.1, 0.15) is 0 Å². The lowest BCUT2D eigenvalue weighted by molar-refractivity contribution is 0.769. The van der Waals surface area contributed by atoms with E-state index < -0.39 is 5.41 Å². The molecule has 0 fully saturated rings. The van der Waals surface area contributed by atoms with Crippen molar-refractivity contribution < 1.29 is 0 Å². The van der Waals surface area contributed by atoms with E-state index in [1.165, 1.54) is 71.6 Å². The summed E-state index contributed by atoms with van der Waals surface area (Å²) in [6.45, 7) is 0. The zero-order valence-corrected chi connectivity index (χ0v) is 37.7. The summed E-state index contributed by atoms with van der Waals surface area (Å²) >= 11 is 0. The minimum atomic E-state index is -0.501. The second-order valence-corrected chi connectivity index (χ2v) is 17.9. The number of hydrogen-bond acceptors (Lipinski definition) is 3. The van der Waals surface area contributed by atoms with Crippen molar-refractivity contribution in [1.82, 2.24) is 15.0 Å². The van der Waals surface area contributed by atoms with Crippen LogP contribution in [0.4, 0.5) is 0 Å². The van der Waals surface area contributed by atoms with Gasteiger partial charge >= 0.3 is 0 Å². The average Bonchev–Trinajstić information content (AvgIpc) is 3.75. The van der Waals surface area contributed by atoms with Gasteiger partial charge in [-0.15, -0.1) is 0 Å². The minimum absolute atomic E-state index is 0.501. The minimum Gasteiger partial charge on any atom is -0.208 e. The molecule has 0 bridgehead atoms. The number of rotatable bonds is 8. The van der Waals surface area contributed by atoms with Crippen LogP contribution < -0.4 is 0 Å². The van der Waals surface area contributed by atoms with Crippen LogP contribution in [-0.4, -0.2) is 15.0 Å². The van der Waals surface area contributed by atoms with Crippen LogP contribution in [0.5, 0.6) is 0 Å². The fourth-order valence-corrected chi connectivity index (χ4v) is 10.8. The predicted molar refractivity (Wildman–Crippen MR) is 285 cm³/mol. The van der Waals surface area contributed by atoms with Crippen molar-refractivity contribution in [1.29, 1.82) is 0 Å². The highest BCUT2D eigenvalue weighted by Gasteiger charge is 2.46. The van der Waals surface area contributed by atoms with Gasteiger partial charge in [-0.2, -0.15) is 0 Å². The van der Waals surface area contributed by atoms with Gasteiger partial charge in [0, 0.05) is 16.7 Å². The van der Waals surface area contributed by atoms with Crippen molar-refractivity contribution >= 4 is 21.5 Å². The molecule has 1 atom stereocenters. The first kappa shape index (κ1) is 40.2. The molecule has 0 spiro atoms. The summed E-state index contributed by atoms with van der Waals surface area (Å²) in [7, 11) is 0. The maximum atomic E-state index is 5.11. The summed E-state index contributed by atoms with van der Waals surface area (Å²) in [4.78, 5) is 15.2. The van der Waals surface area contributed by atoms with Crippen molar-refractivity contribution in [3.63, 3.8) is 0 Å². The average molecular weight is 878 g/mol. The van der Waals surface area contributed by atoms with E-state index >= 15 is 0 Å². The molecule has 1 unspecified atom stereocenters. The van der Waals surface area contributed by atoms with Gasteiger partial charge in [-0.25, -0.2) is 15.0 Å². The third kappa shape index (κ3) is 6.78. The maximum absolute atomic E-state index is 5.11. The third-order valence-electron chi connectivity index (χ3n) is 14.0. The SMILES string of the molecule is c1ccc(-c2ccc(-c3nc(-c4ccccc4)nc(-c4ccc(-c5c(-c6ccc(C7(c8ccccc8)c8ccccc8-c8c7ccc7ccccc87)cc6)ccc6ccccc56)cc4)n3)cc2)cc1. The molecule has 13 rings (SSSR count). The molecule has 0 aliphatic heterocycles. The number of benzene rings is 11. The standard InChI is InChI=1S/C66H43N3/c1-4-16-44(17-5-1)45-28-32-51(33-29-45)64-67-63(50-20-6-2-7-21-50)68-65(69-64)52-34-30-49(31-35-52)61-55-24-12-10-18-46(55)38-42-57(61)48-36-40-54(41-37-48)66(53-22-8-3-9-23-53)59-27-15-14-26-58(59)62-56-25-13-11-19-47(56)39-43-60(62)66/h1-43H. The first-order valence-corrected chi connectivity index (χ1v) is 23.6. The molecule has 3 nitrogen and oxygen atoms in total. The lowest BCUT2D eigenvalue weighted by atomic mass is 9.67. The maximum Gasteiger partial charge on any atom is 0.164 e. The molecule has 0 N–H and O–H groups in total. The van der Waals surface area contributed by atoms with Crippen molar-refractivity contribution in [2.24, 2.45) is 0 Å². The molecule has 3 heteroatoms. The van der Waals surface area contributed by atoms with Crippen molar-refractivity contribution in [2.75, 3.05) is 0 Å². The van der Waals surface area contributed by atoms with E-state index in [1.54, 1.807) is 0 Å². The number of nitrogens with zero attached hydrogens (tertiary/aromatic N) is 3. The number of fused-ring (bicyclic) bond motifs is 6. The van der Waals surface area contributed by atoms with Crippen molar-refractivity contribution in [3.05, 3.63) is 283 Å². The normalized spacial score (nSPS) is 13.9. The van der Waals surface area contributed by atoms with E-state index in [4.69, 9.17) is 15.0 Å². The molecule has 1 aliphatic carbocycles. The monoisotopic (exact) mass is 877 g/mol. The number of aromatic nitrogens is 3. The molecule has 1 heterocycles. The van der Waals surface area contributed by atoms with Gasteiger partial charge in [0.05, 0.1) is 5.41 Å². The van der Waals surface area contributed by atoms with Crippen LogP contribution in [0.3, 0.4) is 0 Å². The highest BCUT2D eigenvalue weighted by atomic mass is 15.0. The topological polar surface area (TPSA) is 38.7 Å². The first-order valence-electron chi connectivity index (χ1n) is 23.6. The summed E-state index contributed by atoms with van der Waals surface area (Å²) in [5, 5.41) is 4.93. The van der Waals surface area contributed by atoms with Gasteiger partial charge in [0.2, 0.25) is 0 Å². The highest BCUT2D eigenvalue weighted by molar-refractivity contribution is 6.06. The van der Waals surface area contributed by atoms with Gasteiger partial charge in [-0.1, -0.05) is 261 Å². The zero-order valence-electron chi connectivity index (χ0n) is 37.7. The molecule has 69 heavy (non-hydrogen) atoms. The Morgan fingerprint density at radius 3 is 1.28 bits per heavy atom. The Kier molecular flexibility index (Phi) is 9.73. The van der Waals surface area contributed by atoms with Crippen LogP contribution in [-0.2, 0) is 5.41 Å². The van der Waals surface area contributed by atoms with E-state index in [1.807, 2.05) is 36.4 Å². The summed E-state index contributed by atoms with van der Waals surface area (Å²) < 4.78 is 0. The lowest BCUT2D eigenvalue weighted by Gasteiger charge is -2.34. The van der Waals surface area contributed by atoms with E-state index in [9.17, 15) is 0 Å². The Balaban J connectivity index is 0.917. The Labute approximate surface area is 401 Å². The van der Waals surface area contributed by atoms with Gasteiger partial charge in [-0.05, 0) is 88.3 Å². The molecular formula is C66H43N3. The predicted octanol–water partition coefficient (Wildman–Crippen LogP) is 16.5. The molecule has 12 aromatic rings. The second-order valence-electron chi connectivity index (χ2n) is 17.9. The second kappa shape index (κ2) is 16.7. The first-order chi connectivity index (χ1) is 34.2. The van der Waals surface area contributed by atoms with Gasteiger partial charge in [-0.3, -0.25) is 0 Å². The molecular weight excluding hydrogens is 835 g/mol. The fraction of sp³-hybridized carbons (Fsp3) is 0.0152. The van der Waals surface area contributed by atoms with Crippen LogP contribution in [0, 0.1) is 0 Å². The summed E-state index contributed by atoms with van der Waals surface area (Å²) in [6.07, 6.45) is 0. The van der Waals surface area contributed by atoms with Crippen LogP contribution in [0.1, 0.15) is 22.3 Å². The largest absolute Gasteiger partial charge is 0.208 e. The quantitative estimate of drug-likeness (QED) is 0.153. The molecule has 0 amide bonds. The summed E-state index contributed by atoms with van der Waals surface area (Å²) in [5.41, 5.74) is 17.0. The van der Waals surface area contributed by atoms with Gasteiger partial charge in [0.25, 0.3) is 0 Å². The molecule has 1 aromatic heterocycles. The molecule has 0 radical (unpaired) electrons. The third-order valence-corrected chi connectivity index (χ3v) is 14.0. The molecule has 0 saturated carbocycles. The van der Waals surface area contributed by atoms with E-state index in [-0.39, 0.29) is 0 Å². The van der Waals surface area contributed by atoms with E-state index in [2.05, 4.69) is 224 Å². The Morgan fingerprint density at radius 2 is 0.652 bits per heavy atom. The Morgan fingerprint density at radius 1 is 0.232 bits per heavy atom. The van der Waals surface area contributed by atoms with E-state index in [0.29, 0.717) is 17.5 Å². The summed E-state index contributed by atoms with van der Waals surface area (Å²) in [5.74, 6) is 1.90. The Bertz CT molecular complexity index is 3850. The molecule has 0 saturated heterocycles. The van der Waals surface area contributed by atoms with Crippen LogP contribution >= 0.6 is 0 Å². The van der Waals surface area contributed by atoms with Gasteiger partial charge < -0.3 is 0 Å².